The van der Waals surface area contributed by atoms with Crippen LogP contribution in [0.5, 0.6) is 0 Å². The molecule has 27 heavy (non-hydrogen) atoms. The van der Waals surface area contributed by atoms with Gasteiger partial charge in [-0.1, -0.05) is 60.7 Å². The van der Waals surface area contributed by atoms with Crippen LogP contribution in [0.1, 0.15) is 6.92 Å². The van der Waals surface area contributed by atoms with Gasteiger partial charge in [0.1, 0.15) is 0 Å². The number of aromatic nitrogens is 2. The summed E-state index contributed by atoms with van der Waals surface area (Å²) in [6.45, 7) is 7.77. The van der Waals surface area contributed by atoms with Crippen LogP contribution in [0, 0.1) is 0 Å². The van der Waals surface area contributed by atoms with Gasteiger partial charge in [0.15, 0.2) is 0 Å². The Labute approximate surface area is 162 Å². The van der Waals surface area contributed by atoms with E-state index in [4.69, 9.17) is 5.10 Å². The molecule has 0 aliphatic carbocycles. The first-order chi connectivity index (χ1) is 13.2. The van der Waals surface area contributed by atoms with E-state index in [0.717, 1.165) is 38.4 Å². The van der Waals surface area contributed by atoms with Gasteiger partial charge in [0.25, 0.3) is 0 Å². The van der Waals surface area contributed by atoms with Crippen LogP contribution in [0.15, 0.2) is 66.7 Å². The van der Waals surface area contributed by atoms with Crippen LogP contribution in [-0.2, 0) is 6.54 Å². The predicted octanol–water partition coefficient (Wildman–Crippen LogP) is 3.85. The molecule has 0 saturated carbocycles. The van der Waals surface area contributed by atoms with Gasteiger partial charge in [-0.25, -0.2) is 0 Å². The molecule has 1 aliphatic rings. The van der Waals surface area contributed by atoms with Gasteiger partial charge in [0.05, 0.1) is 17.9 Å². The third-order valence-corrected chi connectivity index (χ3v) is 5.52. The highest BCUT2D eigenvalue weighted by Crippen LogP contribution is 2.26. The summed E-state index contributed by atoms with van der Waals surface area (Å²) in [5.41, 5.74) is 4.62. The van der Waals surface area contributed by atoms with E-state index in [1.54, 1.807) is 0 Å². The lowest BCUT2D eigenvalue weighted by Crippen LogP contribution is -2.49. The zero-order valence-corrected chi connectivity index (χ0v) is 16.3. The van der Waals surface area contributed by atoms with E-state index in [9.17, 15) is 0 Å². The molecule has 1 atom stereocenters. The smallest absolute Gasteiger partial charge is 0.0929 e. The molecule has 3 aromatic rings. The molecule has 1 unspecified atom stereocenters. The highest BCUT2D eigenvalue weighted by molar-refractivity contribution is 5.68. The third-order valence-electron chi connectivity index (χ3n) is 5.52. The van der Waals surface area contributed by atoms with E-state index in [1.807, 2.05) is 6.07 Å². The first-order valence-corrected chi connectivity index (χ1v) is 9.82. The largest absolute Gasteiger partial charge is 0.304 e. The van der Waals surface area contributed by atoms with Gasteiger partial charge in [-0.2, -0.15) is 5.10 Å². The molecular weight excluding hydrogens is 332 g/mol. The van der Waals surface area contributed by atoms with E-state index in [0.29, 0.717) is 6.04 Å². The van der Waals surface area contributed by atoms with Crippen molar-refractivity contribution >= 4 is 0 Å². The van der Waals surface area contributed by atoms with Crippen molar-refractivity contribution in [1.29, 1.82) is 0 Å². The van der Waals surface area contributed by atoms with Crippen LogP contribution in [0.2, 0.25) is 0 Å². The molecule has 1 saturated heterocycles. The van der Waals surface area contributed by atoms with Crippen LogP contribution < -0.4 is 0 Å². The SMILES string of the molecule is CC(Cn1nc(-c2ccccc2)cc1-c1ccccc1)N1CCN(C)CC1. The Hall–Kier alpha value is -2.43. The Bertz CT molecular complexity index is 849. The maximum absolute atomic E-state index is 4.99. The summed E-state index contributed by atoms with van der Waals surface area (Å²) >= 11 is 0. The lowest BCUT2D eigenvalue weighted by atomic mass is 10.1. The van der Waals surface area contributed by atoms with E-state index < -0.39 is 0 Å². The van der Waals surface area contributed by atoms with Crippen molar-refractivity contribution in [2.45, 2.75) is 19.5 Å². The molecule has 1 fully saturated rings. The second kappa shape index (κ2) is 8.07. The van der Waals surface area contributed by atoms with Crippen molar-refractivity contribution in [1.82, 2.24) is 19.6 Å². The van der Waals surface area contributed by atoms with Gasteiger partial charge >= 0.3 is 0 Å². The highest BCUT2D eigenvalue weighted by Gasteiger charge is 2.21. The van der Waals surface area contributed by atoms with Gasteiger partial charge < -0.3 is 4.90 Å². The summed E-state index contributed by atoms with van der Waals surface area (Å²) < 4.78 is 2.20. The summed E-state index contributed by atoms with van der Waals surface area (Å²) in [5.74, 6) is 0. The zero-order chi connectivity index (χ0) is 18.6. The number of likely N-dealkylation sites (N-methyl/N-ethyl adjacent to an activating group) is 1. The van der Waals surface area contributed by atoms with E-state index in [-0.39, 0.29) is 0 Å². The Morgan fingerprint density at radius 2 is 1.44 bits per heavy atom. The lowest BCUT2D eigenvalue weighted by molar-refractivity contribution is 0.109. The van der Waals surface area contributed by atoms with Gasteiger partial charge in [0.2, 0.25) is 0 Å². The average molecular weight is 361 g/mol. The van der Waals surface area contributed by atoms with Crippen molar-refractivity contribution < 1.29 is 0 Å². The molecule has 0 spiro atoms. The lowest BCUT2D eigenvalue weighted by Gasteiger charge is -2.36. The van der Waals surface area contributed by atoms with E-state index in [2.05, 4.69) is 89.1 Å². The maximum Gasteiger partial charge on any atom is 0.0929 e. The third kappa shape index (κ3) is 4.12. The number of hydrogen-bond donors (Lipinski definition) is 0. The minimum atomic E-state index is 0.463. The number of hydrogen-bond acceptors (Lipinski definition) is 3. The van der Waals surface area contributed by atoms with Crippen LogP contribution in [0.25, 0.3) is 22.5 Å². The molecule has 2 heterocycles. The summed E-state index contributed by atoms with van der Waals surface area (Å²) in [4.78, 5) is 4.98. The summed E-state index contributed by atoms with van der Waals surface area (Å²) in [6.07, 6.45) is 0. The van der Waals surface area contributed by atoms with Crippen molar-refractivity contribution in [2.24, 2.45) is 0 Å². The average Bonchev–Trinajstić information content (AvgIpc) is 3.13. The van der Waals surface area contributed by atoms with Crippen LogP contribution in [-0.4, -0.2) is 58.8 Å². The molecule has 0 bridgehead atoms. The minimum Gasteiger partial charge on any atom is -0.304 e. The highest BCUT2D eigenvalue weighted by atomic mass is 15.3. The number of nitrogens with zero attached hydrogens (tertiary/aromatic N) is 4. The number of rotatable bonds is 5. The fourth-order valence-electron chi connectivity index (χ4n) is 3.78. The Kier molecular flexibility index (Phi) is 5.37. The predicted molar refractivity (Wildman–Crippen MR) is 112 cm³/mol. The Morgan fingerprint density at radius 1 is 0.852 bits per heavy atom. The molecule has 1 aromatic heterocycles. The quantitative estimate of drug-likeness (QED) is 0.691. The Balaban J connectivity index is 1.63. The van der Waals surface area contributed by atoms with Crippen LogP contribution >= 0.6 is 0 Å². The van der Waals surface area contributed by atoms with Crippen molar-refractivity contribution in [3.05, 3.63) is 66.7 Å². The normalized spacial score (nSPS) is 17.1. The molecule has 4 rings (SSSR count). The fourth-order valence-corrected chi connectivity index (χ4v) is 3.78. The molecule has 2 aromatic carbocycles. The minimum absolute atomic E-state index is 0.463. The number of piperazine rings is 1. The second-order valence-corrected chi connectivity index (χ2v) is 7.52. The molecule has 4 heteroatoms. The van der Waals surface area contributed by atoms with Gasteiger partial charge in [-0.15, -0.1) is 0 Å². The molecule has 0 radical (unpaired) electrons. The molecular formula is C23H28N4. The van der Waals surface area contributed by atoms with Gasteiger partial charge in [0, 0.05) is 37.8 Å². The molecule has 0 amide bonds. The Morgan fingerprint density at radius 3 is 2.07 bits per heavy atom. The maximum atomic E-state index is 4.99. The van der Waals surface area contributed by atoms with Crippen LogP contribution in [0.3, 0.4) is 0 Å². The van der Waals surface area contributed by atoms with E-state index >= 15 is 0 Å². The molecule has 0 N–H and O–H groups in total. The first kappa shape index (κ1) is 18.0. The van der Waals surface area contributed by atoms with Crippen molar-refractivity contribution in [2.75, 3.05) is 33.2 Å². The molecule has 140 valence electrons. The fraction of sp³-hybridized carbons (Fsp3) is 0.348. The van der Waals surface area contributed by atoms with E-state index in [1.165, 1.54) is 16.8 Å². The number of benzene rings is 2. The van der Waals surface area contributed by atoms with Crippen molar-refractivity contribution in [3.63, 3.8) is 0 Å². The zero-order valence-electron chi connectivity index (χ0n) is 16.3. The van der Waals surface area contributed by atoms with Crippen molar-refractivity contribution in [3.8, 4) is 22.5 Å². The molecule has 1 aliphatic heterocycles. The van der Waals surface area contributed by atoms with Gasteiger partial charge in [-0.05, 0) is 25.6 Å². The van der Waals surface area contributed by atoms with Crippen LogP contribution in [0.4, 0.5) is 0 Å². The second-order valence-electron chi connectivity index (χ2n) is 7.52. The first-order valence-electron chi connectivity index (χ1n) is 9.82. The monoisotopic (exact) mass is 360 g/mol. The summed E-state index contributed by atoms with van der Waals surface area (Å²) in [6, 6.07) is 23.7. The topological polar surface area (TPSA) is 24.3 Å². The van der Waals surface area contributed by atoms with Gasteiger partial charge in [-0.3, -0.25) is 9.58 Å². The molecule has 4 nitrogen and oxygen atoms in total. The summed E-state index contributed by atoms with van der Waals surface area (Å²) in [5, 5.41) is 4.99. The summed E-state index contributed by atoms with van der Waals surface area (Å²) in [7, 11) is 2.20. The standard InChI is InChI=1S/C23H28N4/c1-19(26-15-13-25(2)14-16-26)18-27-23(21-11-7-4-8-12-21)17-22(24-27)20-9-5-3-6-10-20/h3-12,17,19H,13-16,18H2,1-2H3.